The van der Waals surface area contributed by atoms with E-state index >= 15 is 0 Å². The van der Waals surface area contributed by atoms with Crippen molar-refractivity contribution < 1.29 is 14.7 Å². The maximum Gasteiger partial charge on any atom is 0.325 e. The largest absolute Gasteiger partial charge is 0.394 e. The molecule has 1 aliphatic carbocycles. The van der Waals surface area contributed by atoms with Gasteiger partial charge in [0.15, 0.2) is 0 Å². The summed E-state index contributed by atoms with van der Waals surface area (Å²) >= 11 is 0. The van der Waals surface area contributed by atoms with Gasteiger partial charge in [0.1, 0.15) is 0 Å². The third kappa shape index (κ3) is 1.69. The zero-order valence-electron chi connectivity index (χ0n) is 9.53. The molecule has 1 aliphatic heterocycles. The van der Waals surface area contributed by atoms with E-state index in [1.165, 1.54) is 4.90 Å². The molecular formula is C11H18N2O3. The van der Waals surface area contributed by atoms with Crippen LogP contribution in [-0.4, -0.2) is 40.6 Å². The first-order valence-corrected chi connectivity index (χ1v) is 5.81. The topological polar surface area (TPSA) is 69.6 Å². The van der Waals surface area contributed by atoms with Crippen LogP contribution in [0.2, 0.25) is 0 Å². The number of imide groups is 1. The molecule has 2 rings (SSSR count). The molecule has 1 saturated carbocycles. The molecule has 5 nitrogen and oxygen atoms in total. The van der Waals surface area contributed by atoms with Gasteiger partial charge in [-0.25, -0.2) is 4.79 Å². The van der Waals surface area contributed by atoms with Crippen molar-refractivity contribution in [1.82, 2.24) is 10.2 Å². The first-order valence-electron chi connectivity index (χ1n) is 5.81. The lowest BCUT2D eigenvalue weighted by Crippen LogP contribution is -2.56. The second-order valence-corrected chi connectivity index (χ2v) is 4.95. The molecule has 16 heavy (non-hydrogen) atoms. The summed E-state index contributed by atoms with van der Waals surface area (Å²) in [5.41, 5.74) is -0.649. The molecule has 1 saturated heterocycles. The maximum atomic E-state index is 11.7. The van der Waals surface area contributed by atoms with Crippen LogP contribution in [-0.2, 0) is 4.79 Å². The normalized spacial score (nSPS) is 35.4. The Hall–Kier alpha value is -1.10. The summed E-state index contributed by atoms with van der Waals surface area (Å²) in [5.74, 6) is 0.397. The molecule has 0 radical (unpaired) electrons. The van der Waals surface area contributed by atoms with Crippen LogP contribution in [0, 0.1) is 5.92 Å². The van der Waals surface area contributed by atoms with Crippen molar-refractivity contribution in [3.8, 4) is 0 Å². The molecule has 0 atom stereocenters. The Morgan fingerprint density at radius 3 is 2.50 bits per heavy atom. The Morgan fingerprint density at radius 1 is 1.44 bits per heavy atom. The molecular weight excluding hydrogens is 208 g/mol. The lowest BCUT2D eigenvalue weighted by Gasteiger charge is -2.42. The fraction of sp³-hybridized carbons (Fsp3) is 0.818. The summed E-state index contributed by atoms with van der Waals surface area (Å²) in [4.78, 5) is 24.5. The zero-order valence-corrected chi connectivity index (χ0v) is 9.53. The number of nitrogens with zero attached hydrogens (tertiary/aromatic N) is 1. The molecule has 0 aromatic heterocycles. The van der Waals surface area contributed by atoms with E-state index in [2.05, 4.69) is 12.2 Å². The van der Waals surface area contributed by atoms with Crippen molar-refractivity contribution in [2.24, 2.45) is 5.92 Å². The van der Waals surface area contributed by atoms with E-state index in [1.807, 2.05) is 0 Å². The minimum Gasteiger partial charge on any atom is -0.394 e. The SMILES string of the molecule is CC1CCC(CO)(N2C(=O)CNC2=O)CC1. The van der Waals surface area contributed by atoms with E-state index < -0.39 is 5.54 Å². The molecule has 2 fully saturated rings. The van der Waals surface area contributed by atoms with E-state index in [0.29, 0.717) is 18.8 Å². The van der Waals surface area contributed by atoms with Gasteiger partial charge >= 0.3 is 6.03 Å². The monoisotopic (exact) mass is 226 g/mol. The minimum atomic E-state index is -0.649. The molecule has 0 bridgehead atoms. The van der Waals surface area contributed by atoms with Gasteiger partial charge < -0.3 is 10.4 Å². The number of carbonyl (C=O) groups is 2. The van der Waals surface area contributed by atoms with Gasteiger partial charge in [-0.05, 0) is 31.6 Å². The van der Waals surface area contributed by atoms with Crippen LogP contribution in [0.5, 0.6) is 0 Å². The second kappa shape index (κ2) is 4.05. The molecule has 3 amide bonds. The minimum absolute atomic E-state index is 0.0656. The molecule has 0 aromatic rings. The van der Waals surface area contributed by atoms with Crippen LogP contribution in [0.4, 0.5) is 4.79 Å². The van der Waals surface area contributed by atoms with E-state index in [0.717, 1.165) is 12.8 Å². The summed E-state index contributed by atoms with van der Waals surface area (Å²) in [6.45, 7) is 2.10. The average Bonchev–Trinajstić information content (AvgIpc) is 2.62. The van der Waals surface area contributed by atoms with Crippen molar-refractivity contribution >= 4 is 11.9 Å². The van der Waals surface area contributed by atoms with Gasteiger partial charge in [-0.15, -0.1) is 0 Å². The standard InChI is InChI=1S/C11H18N2O3/c1-8-2-4-11(7-14,5-3-8)13-9(15)6-12-10(13)16/h8,14H,2-7H2,1H3,(H,12,16). The summed E-state index contributed by atoms with van der Waals surface area (Å²) in [6.07, 6.45) is 3.34. The quantitative estimate of drug-likeness (QED) is 0.673. The molecule has 0 aromatic carbocycles. The van der Waals surface area contributed by atoms with E-state index in [4.69, 9.17) is 0 Å². The number of aliphatic hydroxyl groups is 1. The molecule has 2 N–H and O–H groups in total. The number of urea groups is 1. The molecule has 1 heterocycles. The Bertz CT molecular complexity index is 292. The van der Waals surface area contributed by atoms with Gasteiger partial charge in [-0.1, -0.05) is 6.92 Å². The van der Waals surface area contributed by atoms with Crippen molar-refractivity contribution in [2.75, 3.05) is 13.2 Å². The lowest BCUT2D eigenvalue weighted by molar-refractivity contribution is -0.132. The molecule has 5 heteroatoms. The van der Waals surface area contributed by atoms with Crippen molar-refractivity contribution in [3.63, 3.8) is 0 Å². The van der Waals surface area contributed by atoms with Crippen LogP contribution < -0.4 is 5.32 Å². The highest BCUT2D eigenvalue weighted by Crippen LogP contribution is 2.37. The number of carbonyl (C=O) groups excluding carboxylic acids is 2. The Balaban J connectivity index is 2.20. The number of aliphatic hydroxyl groups excluding tert-OH is 1. The predicted molar refractivity (Wildman–Crippen MR) is 57.7 cm³/mol. The molecule has 2 aliphatic rings. The second-order valence-electron chi connectivity index (χ2n) is 4.95. The third-order valence-electron chi connectivity index (χ3n) is 3.82. The predicted octanol–water partition coefficient (Wildman–Crippen LogP) is 0.479. The average molecular weight is 226 g/mol. The first kappa shape index (κ1) is 11.4. The fourth-order valence-corrected chi connectivity index (χ4v) is 2.65. The van der Waals surface area contributed by atoms with Gasteiger partial charge in [0.2, 0.25) is 0 Å². The molecule has 90 valence electrons. The van der Waals surface area contributed by atoms with Gasteiger partial charge in [0, 0.05) is 0 Å². The first-order chi connectivity index (χ1) is 7.59. The summed E-state index contributed by atoms with van der Waals surface area (Å²) in [5, 5.41) is 12.1. The van der Waals surface area contributed by atoms with E-state index in [9.17, 15) is 14.7 Å². The zero-order chi connectivity index (χ0) is 11.8. The highest BCUT2D eigenvalue weighted by atomic mass is 16.3. The number of hydrogen-bond donors (Lipinski definition) is 2. The number of nitrogens with one attached hydrogen (secondary N) is 1. The van der Waals surface area contributed by atoms with Crippen LogP contribution >= 0.6 is 0 Å². The highest BCUT2D eigenvalue weighted by molar-refractivity contribution is 6.02. The number of amides is 3. The fourth-order valence-electron chi connectivity index (χ4n) is 2.65. The van der Waals surface area contributed by atoms with Gasteiger partial charge in [0.25, 0.3) is 5.91 Å². The lowest BCUT2D eigenvalue weighted by atomic mass is 9.76. The van der Waals surface area contributed by atoms with Crippen molar-refractivity contribution in [2.45, 2.75) is 38.1 Å². The van der Waals surface area contributed by atoms with Crippen molar-refractivity contribution in [1.29, 1.82) is 0 Å². The van der Waals surface area contributed by atoms with Crippen LogP contribution in [0.25, 0.3) is 0 Å². The van der Waals surface area contributed by atoms with Gasteiger partial charge in [-0.2, -0.15) is 0 Å². The highest BCUT2D eigenvalue weighted by Gasteiger charge is 2.47. The van der Waals surface area contributed by atoms with Crippen molar-refractivity contribution in [3.05, 3.63) is 0 Å². The van der Waals surface area contributed by atoms with Gasteiger partial charge in [0.05, 0.1) is 18.7 Å². The van der Waals surface area contributed by atoms with Crippen LogP contribution in [0.3, 0.4) is 0 Å². The summed E-state index contributed by atoms with van der Waals surface area (Å²) < 4.78 is 0. The molecule has 0 unspecified atom stereocenters. The summed E-state index contributed by atoms with van der Waals surface area (Å²) in [7, 11) is 0. The third-order valence-corrected chi connectivity index (χ3v) is 3.82. The van der Waals surface area contributed by atoms with E-state index in [-0.39, 0.29) is 25.1 Å². The number of rotatable bonds is 2. The van der Waals surface area contributed by atoms with Crippen LogP contribution in [0.1, 0.15) is 32.6 Å². The molecule has 0 spiro atoms. The smallest absolute Gasteiger partial charge is 0.325 e. The van der Waals surface area contributed by atoms with Gasteiger partial charge in [-0.3, -0.25) is 9.69 Å². The maximum absolute atomic E-state index is 11.7. The van der Waals surface area contributed by atoms with E-state index in [1.54, 1.807) is 0 Å². The Labute approximate surface area is 94.8 Å². The summed E-state index contributed by atoms with van der Waals surface area (Å²) in [6, 6.07) is -0.353. The Kier molecular flexibility index (Phi) is 2.88. The number of hydrogen-bond acceptors (Lipinski definition) is 3. The van der Waals surface area contributed by atoms with Crippen LogP contribution in [0.15, 0.2) is 0 Å². The Morgan fingerprint density at radius 2 is 2.06 bits per heavy atom.